The molecule has 0 saturated carbocycles. The van der Waals surface area contributed by atoms with Gasteiger partial charge in [-0.25, -0.2) is 0 Å². The topological polar surface area (TPSA) is 58.4 Å². The van der Waals surface area contributed by atoms with Crippen LogP contribution in [0, 0.1) is 0 Å². The van der Waals surface area contributed by atoms with E-state index in [0.717, 1.165) is 25.8 Å². The van der Waals surface area contributed by atoms with E-state index >= 15 is 0 Å². The lowest BCUT2D eigenvalue weighted by atomic mass is 9.81. The largest absolute Gasteiger partial charge is 0.355 e. The summed E-state index contributed by atoms with van der Waals surface area (Å²) in [6.45, 7) is 4.92. The molecule has 3 atom stereocenters. The van der Waals surface area contributed by atoms with Gasteiger partial charge in [-0.2, -0.15) is 0 Å². The molecular weight excluding hydrogens is 226 g/mol. The molecule has 2 aliphatic heterocycles. The van der Waals surface area contributed by atoms with Crippen LogP contribution in [0.1, 0.15) is 52.4 Å². The van der Waals surface area contributed by atoms with Crippen LogP contribution in [0.4, 0.5) is 0 Å². The molecule has 4 nitrogen and oxygen atoms in total. The van der Waals surface area contributed by atoms with E-state index in [1.54, 1.807) is 0 Å². The van der Waals surface area contributed by atoms with Gasteiger partial charge in [-0.1, -0.05) is 13.3 Å². The van der Waals surface area contributed by atoms with Crippen LogP contribution in [0.2, 0.25) is 0 Å². The molecular formula is C14H27N3O. The number of fused-ring (bicyclic) bond motifs is 2. The van der Waals surface area contributed by atoms with E-state index in [1.807, 2.05) is 6.92 Å². The van der Waals surface area contributed by atoms with Gasteiger partial charge < -0.3 is 11.1 Å². The van der Waals surface area contributed by atoms with Gasteiger partial charge in [0.2, 0.25) is 5.91 Å². The molecule has 0 aromatic rings. The predicted octanol–water partition coefficient (Wildman–Crippen LogP) is 1.25. The molecule has 0 aromatic heterocycles. The number of nitrogens with zero attached hydrogens (tertiary/aromatic N) is 1. The molecule has 4 heteroatoms. The van der Waals surface area contributed by atoms with E-state index in [1.165, 1.54) is 19.3 Å². The third-order valence-corrected chi connectivity index (χ3v) is 4.44. The van der Waals surface area contributed by atoms with Crippen LogP contribution in [0.3, 0.4) is 0 Å². The molecule has 2 rings (SSSR count). The predicted molar refractivity (Wildman–Crippen MR) is 73.2 cm³/mol. The summed E-state index contributed by atoms with van der Waals surface area (Å²) < 4.78 is 0. The van der Waals surface area contributed by atoms with Gasteiger partial charge in [-0.3, -0.25) is 9.69 Å². The summed E-state index contributed by atoms with van der Waals surface area (Å²) in [5.74, 6) is 0.184. The summed E-state index contributed by atoms with van der Waals surface area (Å²) in [4.78, 5) is 14.6. The first-order valence-corrected chi connectivity index (χ1v) is 7.44. The van der Waals surface area contributed by atoms with Gasteiger partial charge in [-0.05, 0) is 39.0 Å². The molecule has 104 valence electrons. The second-order valence-electron chi connectivity index (χ2n) is 5.88. The molecule has 2 bridgehead atoms. The minimum atomic E-state index is -0.000602. The monoisotopic (exact) mass is 253 g/mol. The van der Waals surface area contributed by atoms with E-state index in [-0.39, 0.29) is 11.9 Å². The van der Waals surface area contributed by atoms with Crippen LogP contribution in [0.25, 0.3) is 0 Å². The van der Waals surface area contributed by atoms with Crippen molar-refractivity contribution in [3.8, 4) is 0 Å². The lowest BCUT2D eigenvalue weighted by Gasteiger charge is -2.50. The number of hydrogen-bond acceptors (Lipinski definition) is 3. The molecule has 2 aliphatic rings. The number of carbonyl (C=O) groups excluding carboxylic acids is 1. The van der Waals surface area contributed by atoms with Crippen LogP contribution in [0.15, 0.2) is 0 Å². The fourth-order valence-corrected chi connectivity index (χ4v) is 3.62. The van der Waals surface area contributed by atoms with Crippen LogP contribution in [0.5, 0.6) is 0 Å². The van der Waals surface area contributed by atoms with E-state index in [9.17, 15) is 4.79 Å². The normalized spacial score (nSPS) is 34.1. The zero-order valence-electron chi connectivity index (χ0n) is 11.7. The molecule has 1 amide bonds. The van der Waals surface area contributed by atoms with Crippen molar-refractivity contribution in [2.75, 3.05) is 6.54 Å². The third kappa shape index (κ3) is 2.86. The molecule has 18 heavy (non-hydrogen) atoms. The highest BCUT2D eigenvalue weighted by Crippen LogP contribution is 2.34. The molecule has 3 unspecified atom stereocenters. The van der Waals surface area contributed by atoms with E-state index in [4.69, 9.17) is 5.73 Å². The molecule has 3 N–H and O–H groups in total. The first-order valence-electron chi connectivity index (χ1n) is 7.44. The van der Waals surface area contributed by atoms with Gasteiger partial charge in [0.05, 0.1) is 6.04 Å². The number of hydrogen-bond donors (Lipinski definition) is 2. The molecule has 0 spiro atoms. The summed E-state index contributed by atoms with van der Waals surface area (Å²) in [6, 6.07) is 1.38. The maximum absolute atomic E-state index is 12.1. The second kappa shape index (κ2) is 6.02. The Hall–Kier alpha value is -0.610. The zero-order chi connectivity index (χ0) is 13.1. The number of nitrogens with one attached hydrogen (secondary N) is 1. The van der Waals surface area contributed by atoms with Crippen molar-refractivity contribution in [3.63, 3.8) is 0 Å². The van der Waals surface area contributed by atoms with Gasteiger partial charge in [0.1, 0.15) is 0 Å². The van der Waals surface area contributed by atoms with Gasteiger partial charge in [0.15, 0.2) is 0 Å². The number of amides is 1. The van der Waals surface area contributed by atoms with Crippen molar-refractivity contribution in [2.24, 2.45) is 5.73 Å². The highest BCUT2D eigenvalue weighted by atomic mass is 16.2. The van der Waals surface area contributed by atoms with E-state index in [0.29, 0.717) is 18.1 Å². The highest BCUT2D eigenvalue weighted by molar-refractivity contribution is 5.81. The third-order valence-electron chi connectivity index (χ3n) is 4.44. The van der Waals surface area contributed by atoms with Crippen molar-refractivity contribution in [2.45, 2.75) is 76.5 Å². The first kappa shape index (κ1) is 13.8. The minimum Gasteiger partial charge on any atom is -0.355 e. The van der Waals surface area contributed by atoms with Gasteiger partial charge in [0.25, 0.3) is 0 Å². The Morgan fingerprint density at radius 1 is 1.39 bits per heavy atom. The fraction of sp³-hybridized carbons (Fsp3) is 0.929. The zero-order valence-corrected chi connectivity index (χ0v) is 11.7. The average Bonchev–Trinajstić information content (AvgIpc) is 2.34. The van der Waals surface area contributed by atoms with Crippen molar-refractivity contribution < 1.29 is 4.79 Å². The number of piperidine rings is 2. The summed E-state index contributed by atoms with van der Waals surface area (Å²) in [6.07, 6.45) is 6.81. The Balaban J connectivity index is 2.00. The number of rotatable bonds is 4. The van der Waals surface area contributed by atoms with Crippen molar-refractivity contribution in [1.82, 2.24) is 10.2 Å². The molecule has 0 radical (unpaired) electrons. The lowest BCUT2D eigenvalue weighted by molar-refractivity contribution is -0.130. The fourth-order valence-electron chi connectivity index (χ4n) is 3.62. The summed E-state index contributed by atoms with van der Waals surface area (Å²) in [5.41, 5.74) is 6.12. The number of carbonyl (C=O) groups is 1. The molecule has 0 aromatic carbocycles. The quantitative estimate of drug-likeness (QED) is 0.792. The molecule has 2 saturated heterocycles. The van der Waals surface area contributed by atoms with Crippen molar-refractivity contribution in [1.29, 1.82) is 0 Å². The van der Waals surface area contributed by atoms with Crippen LogP contribution >= 0.6 is 0 Å². The van der Waals surface area contributed by atoms with Crippen LogP contribution in [-0.2, 0) is 4.79 Å². The Labute approximate surface area is 110 Å². The van der Waals surface area contributed by atoms with Crippen molar-refractivity contribution in [3.05, 3.63) is 0 Å². The van der Waals surface area contributed by atoms with Gasteiger partial charge in [0, 0.05) is 24.7 Å². The van der Waals surface area contributed by atoms with E-state index < -0.39 is 0 Å². The van der Waals surface area contributed by atoms with Gasteiger partial charge >= 0.3 is 0 Å². The average molecular weight is 253 g/mol. The van der Waals surface area contributed by atoms with Crippen LogP contribution < -0.4 is 11.1 Å². The molecule has 2 fully saturated rings. The number of nitrogens with two attached hydrogens (primary N) is 1. The molecule has 2 heterocycles. The lowest BCUT2D eigenvalue weighted by Crippen LogP contribution is -2.61. The standard InChI is InChI=1S/C14H27N3O/c1-3-7-16-14(18)10(2)17-12-5-4-6-13(17)9-11(15)8-12/h10-13H,3-9,15H2,1-2H3,(H,16,18). The Bertz CT molecular complexity index is 281. The Kier molecular flexibility index (Phi) is 4.62. The molecule has 0 aliphatic carbocycles. The maximum Gasteiger partial charge on any atom is 0.237 e. The maximum atomic E-state index is 12.1. The minimum absolute atomic E-state index is 0.000602. The SMILES string of the molecule is CCCNC(=O)C(C)N1C2CCCC1CC(N)C2. The summed E-state index contributed by atoms with van der Waals surface area (Å²) >= 11 is 0. The summed E-state index contributed by atoms with van der Waals surface area (Å²) in [7, 11) is 0. The first-order chi connectivity index (χ1) is 8.63. The smallest absolute Gasteiger partial charge is 0.237 e. The van der Waals surface area contributed by atoms with E-state index in [2.05, 4.69) is 17.1 Å². The Morgan fingerprint density at radius 2 is 2.00 bits per heavy atom. The van der Waals surface area contributed by atoms with Gasteiger partial charge in [-0.15, -0.1) is 0 Å². The van der Waals surface area contributed by atoms with Crippen LogP contribution in [-0.4, -0.2) is 41.5 Å². The Morgan fingerprint density at radius 3 is 2.56 bits per heavy atom. The highest BCUT2D eigenvalue weighted by Gasteiger charge is 2.41. The second-order valence-corrected chi connectivity index (χ2v) is 5.88. The summed E-state index contributed by atoms with van der Waals surface area (Å²) in [5, 5.41) is 3.02. The van der Waals surface area contributed by atoms with Crippen molar-refractivity contribution >= 4 is 5.91 Å².